The van der Waals surface area contributed by atoms with Crippen molar-refractivity contribution in [2.75, 3.05) is 20.2 Å². The van der Waals surface area contributed by atoms with Gasteiger partial charge in [0.05, 0.1) is 13.0 Å². The number of ether oxygens (including phenoxy) is 1. The summed E-state index contributed by atoms with van der Waals surface area (Å²) in [5, 5.41) is 0. The molecule has 1 fully saturated rings. The number of H-pyrrole nitrogens is 1. The summed E-state index contributed by atoms with van der Waals surface area (Å²) in [6.45, 7) is 1.07. The largest absolute Gasteiger partial charge is 0.469 e. The summed E-state index contributed by atoms with van der Waals surface area (Å²) in [5.41, 5.74) is 1.35. The highest BCUT2D eigenvalue weighted by atomic mass is 32.1. The number of carbonyl (C=O) groups is 2. The lowest BCUT2D eigenvalue weighted by molar-refractivity contribution is -0.146. The summed E-state index contributed by atoms with van der Waals surface area (Å²) < 4.78 is 7.01. The third-order valence-corrected chi connectivity index (χ3v) is 4.63. The Hall–Kier alpha value is -2.41. The predicted octanol–water partition coefficient (Wildman–Crippen LogP) is 2.56. The van der Waals surface area contributed by atoms with Crippen LogP contribution in [-0.2, 0) is 9.53 Å². The van der Waals surface area contributed by atoms with Gasteiger partial charge in [-0.3, -0.25) is 14.2 Å². The molecule has 1 saturated heterocycles. The number of benzene rings is 1. The predicted molar refractivity (Wildman–Crippen MR) is 91.6 cm³/mol. The summed E-state index contributed by atoms with van der Waals surface area (Å²) in [7, 11) is 1.40. The van der Waals surface area contributed by atoms with Gasteiger partial charge in [-0.2, -0.15) is 0 Å². The number of hydrogen-bond acceptors (Lipinski definition) is 4. The van der Waals surface area contributed by atoms with E-state index in [0.717, 1.165) is 5.69 Å². The Morgan fingerprint density at radius 2 is 1.88 bits per heavy atom. The van der Waals surface area contributed by atoms with Gasteiger partial charge in [0.15, 0.2) is 4.77 Å². The second-order valence-corrected chi connectivity index (χ2v) is 6.13. The number of esters is 1. The Morgan fingerprint density at radius 1 is 1.21 bits per heavy atom. The van der Waals surface area contributed by atoms with Crippen molar-refractivity contribution in [3.05, 3.63) is 47.0 Å². The Labute approximate surface area is 145 Å². The number of carbonyl (C=O) groups excluding carboxylic acids is 2. The van der Waals surface area contributed by atoms with E-state index in [9.17, 15) is 9.59 Å². The molecule has 24 heavy (non-hydrogen) atoms. The Morgan fingerprint density at radius 3 is 2.50 bits per heavy atom. The Bertz CT molecular complexity index is 789. The lowest BCUT2D eigenvalue weighted by Crippen LogP contribution is -2.41. The lowest BCUT2D eigenvalue weighted by atomic mass is 9.97. The molecule has 1 aliphatic heterocycles. The molecule has 1 aromatic heterocycles. The van der Waals surface area contributed by atoms with Gasteiger partial charge in [0.1, 0.15) is 5.69 Å². The van der Waals surface area contributed by atoms with E-state index >= 15 is 0 Å². The second kappa shape index (κ2) is 7.00. The first-order valence-electron chi connectivity index (χ1n) is 7.84. The van der Waals surface area contributed by atoms with Gasteiger partial charge in [0, 0.05) is 25.0 Å². The van der Waals surface area contributed by atoms with Gasteiger partial charge in [-0.05, 0) is 37.2 Å². The van der Waals surface area contributed by atoms with Crippen LogP contribution in [0.5, 0.6) is 0 Å². The van der Waals surface area contributed by atoms with Crippen molar-refractivity contribution in [1.29, 1.82) is 0 Å². The fourth-order valence-electron chi connectivity index (χ4n) is 3.01. The molecule has 7 heteroatoms. The van der Waals surface area contributed by atoms with Crippen molar-refractivity contribution in [3.8, 4) is 5.69 Å². The molecule has 2 heterocycles. The minimum Gasteiger partial charge on any atom is -0.469 e. The number of piperidine rings is 1. The first-order chi connectivity index (χ1) is 11.6. The number of rotatable bonds is 3. The first-order valence-corrected chi connectivity index (χ1v) is 8.25. The van der Waals surface area contributed by atoms with E-state index < -0.39 is 0 Å². The zero-order chi connectivity index (χ0) is 17.1. The summed E-state index contributed by atoms with van der Waals surface area (Å²) in [6.07, 6.45) is 2.88. The third-order valence-electron chi connectivity index (χ3n) is 4.33. The van der Waals surface area contributed by atoms with Crippen LogP contribution in [0.25, 0.3) is 5.69 Å². The van der Waals surface area contributed by atoms with Crippen LogP contribution in [-0.4, -0.2) is 46.5 Å². The summed E-state index contributed by atoms with van der Waals surface area (Å²) in [4.78, 5) is 29.2. The van der Waals surface area contributed by atoms with Gasteiger partial charge >= 0.3 is 5.97 Å². The zero-order valence-electron chi connectivity index (χ0n) is 13.4. The molecule has 0 radical (unpaired) electrons. The van der Waals surface area contributed by atoms with Crippen molar-refractivity contribution >= 4 is 24.1 Å². The van der Waals surface area contributed by atoms with E-state index in [1.165, 1.54) is 7.11 Å². The van der Waals surface area contributed by atoms with Crippen molar-refractivity contribution in [2.24, 2.45) is 5.92 Å². The molecule has 126 valence electrons. The minimum absolute atomic E-state index is 0.0884. The van der Waals surface area contributed by atoms with E-state index in [1.807, 2.05) is 30.3 Å². The molecule has 6 nitrogen and oxygen atoms in total. The summed E-state index contributed by atoms with van der Waals surface area (Å²) >= 11 is 5.32. The van der Waals surface area contributed by atoms with E-state index in [2.05, 4.69) is 4.98 Å². The molecular weight excluding hydrogens is 326 g/mol. The highest BCUT2D eigenvalue weighted by Gasteiger charge is 2.29. The highest BCUT2D eigenvalue weighted by Crippen LogP contribution is 2.21. The summed E-state index contributed by atoms with van der Waals surface area (Å²) in [5.74, 6) is -0.411. The maximum atomic E-state index is 12.9. The molecule has 0 aliphatic carbocycles. The number of imidazole rings is 1. The molecule has 1 aliphatic rings. The topological polar surface area (TPSA) is 67.3 Å². The Kier molecular flexibility index (Phi) is 4.80. The SMILES string of the molecule is COC(=O)C1CCN(C(=O)c2c[nH]c(=S)n2-c2ccccc2)CC1. The minimum atomic E-state index is -0.198. The maximum absolute atomic E-state index is 12.9. The molecule has 1 aromatic carbocycles. The molecule has 0 saturated carbocycles. The van der Waals surface area contributed by atoms with Crippen molar-refractivity contribution in [2.45, 2.75) is 12.8 Å². The molecule has 1 amide bonds. The van der Waals surface area contributed by atoms with E-state index in [0.29, 0.717) is 36.4 Å². The fourth-order valence-corrected chi connectivity index (χ4v) is 3.27. The number of nitrogens with zero attached hydrogens (tertiary/aromatic N) is 2. The van der Waals surface area contributed by atoms with Gasteiger partial charge in [-0.25, -0.2) is 0 Å². The number of nitrogens with one attached hydrogen (secondary N) is 1. The Balaban J connectivity index is 1.80. The fraction of sp³-hybridized carbons (Fsp3) is 0.353. The van der Waals surface area contributed by atoms with Gasteiger partial charge in [-0.15, -0.1) is 0 Å². The molecule has 0 unspecified atom stereocenters. The number of para-hydroxylation sites is 1. The lowest BCUT2D eigenvalue weighted by Gasteiger charge is -2.30. The van der Waals surface area contributed by atoms with Crippen molar-refractivity contribution in [3.63, 3.8) is 0 Å². The van der Waals surface area contributed by atoms with Crippen LogP contribution < -0.4 is 0 Å². The average molecular weight is 345 g/mol. The molecule has 1 N–H and O–H groups in total. The summed E-state index contributed by atoms with van der Waals surface area (Å²) in [6, 6.07) is 9.53. The van der Waals surface area contributed by atoms with Crippen LogP contribution in [0.15, 0.2) is 36.5 Å². The number of amides is 1. The number of methoxy groups -OCH3 is 1. The van der Waals surface area contributed by atoms with E-state index in [1.54, 1.807) is 15.7 Å². The average Bonchev–Trinajstić information content (AvgIpc) is 3.02. The van der Waals surface area contributed by atoms with Gasteiger partial charge in [0.25, 0.3) is 5.91 Å². The monoisotopic (exact) mass is 345 g/mol. The quantitative estimate of drug-likeness (QED) is 0.686. The third kappa shape index (κ3) is 3.12. The standard InChI is InChI=1S/C17H19N3O3S/c1-23-16(22)12-7-9-19(10-8-12)15(21)14-11-18-17(24)20(14)13-5-3-2-4-6-13/h2-6,11-12H,7-10H2,1H3,(H,18,24). The molecule has 0 spiro atoms. The first kappa shape index (κ1) is 16.4. The highest BCUT2D eigenvalue weighted by molar-refractivity contribution is 7.71. The molecule has 0 atom stereocenters. The van der Waals surface area contributed by atoms with Crippen LogP contribution in [0, 0.1) is 10.7 Å². The number of hydrogen-bond donors (Lipinski definition) is 1. The number of aromatic amines is 1. The van der Waals surface area contributed by atoms with Crippen LogP contribution in [0.1, 0.15) is 23.3 Å². The van der Waals surface area contributed by atoms with Gasteiger partial charge in [-0.1, -0.05) is 18.2 Å². The van der Waals surface area contributed by atoms with Crippen molar-refractivity contribution < 1.29 is 14.3 Å². The van der Waals surface area contributed by atoms with Crippen LogP contribution in [0.2, 0.25) is 0 Å². The normalized spacial score (nSPS) is 15.3. The van der Waals surface area contributed by atoms with Crippen molar-refractivity contribution in [1.82, 2.24) is 14.5 Å². The van der Waals surface area contributed by atoms with E-state index in [-0.39, 0.29) is 17.8 Å². The number of likely N-dealkylation sites (tertiary alicyclic amines) is 1. The van der Waals surface area contributed by atoms with Gasteiger partial charge in [0.2, 0.25) is 0 Å². The van der Waals surface area contributed by atoms with Crippen LogP contribution in [0.4, 0.5) is 0 Å². The maximum Gasteiger partial charge on any atom is 0.308 e. The molecule has 3 rings (SSSR count). The molecular formula is C17H19N3O3S. The number of aromatic nitrogens is 2. The smallest absolute Gasteiger partial charge is 0.308 e. The van der Waals surface area contributed by atoms with E-state index in [4.69, 9.17) is 17.0 Å². The zero-order valence-corrected chi connectivity index (χ0v) is 14.2. The molecule has 2 aromatic rings. The second-order valence-electron chi connectivity index (χ2n) is 5.74. The van der Waals surface area contributed by atoms with Crippen LogP contribution >= 0.6 is 12.2 Å². The molecule has 0 bridgehead atoms. The van der Waals surface area contributed by atoms with Gasteiger partial charge < -0.3 is 14.6 Å². The van der Waals surface area contributed by atoms with Crippen LogP contribution in [0.3, 0.4) is 0 Å².